The molecule has 0 aromatic rings. The van der Waals surface area contributed by atoms with E-state index < -0.39 is 0 Å². The smallest absolute Gasteiger partial charge is 0.103 e. The second-order valence-corrected chi connectivity index (χ2v) is 3.95. The topological polar surface area (TPSA) is 9.23 Å². The molecular weight excluding hydrogens is 136 g/mol. The van der Waals surface area contributed by atoms with Crippen molar-refractivity contribution >= 4 is 0 Å². The van der Waals surface area contributed by atoms with Gasteiger partial charge < -0.3 is 4.74 Å². The maximum atomic E-state index is 5.57. The Morgan fingerprint density at radius 3 is 3.36 bits per heavy atom. The Bertz CT molecular complexity index is 275. The molecule has 1 aliphatic heterocycles. The Morgan fingerprint density at radius 1 is 1.55 bits per heavy atom. The summed E-state index contributed by atoms with van der Waals surface area (Å²) < 4.78 is 5.57. The van der Waals surface area contributed by atoms with Gasteiger partial charge in [-0.1, -0.05) is 11.6 Å². The summed E-state index contributed by atoms with van der Waals surface area (Å²) in [6.07, 6.45) is 7.00. The van der Waals surface area contributed by atoms with Crippen molar-refractivity contribution in [1.29, 1.82) is 0 Å². The standard InChI is InChI=1S/C10H12O/c1-7-2-3-9-10(4-5-11-9)6-8(7)10/h2-3,8H,4-6H2,1H3. The van der Waals surface area contributed by atoms with Gasteiger partial charge in [-0.25, -0.2) is 0 Å². The summed E-state index contributed by atoms with van der Waals surface area (Å²) in [5.41, 5.74) is 2.05. The maximum absolute atomic E-state index is 5.57. The maximum Gasteiger partial charge on any atom is 0.103 e. The van der Waals surface area contributed by atoms with Crippen LogP contribution in [0.5, 0.6) is 0 Å². The normalized spacial score (nSPS) is 45.0. The van der Waals surface area contributed by atoms with Gasteiger partial charge in [0.05, 0.1) is 6.61 Å². The molecule has 0 radical (unpaired) electrons. The average molecular weight is 148 g/mol. The van der Waals surface area contributed by atoms with Gasteiger partial charge in [-0.3, -0.25) is 0 Å². The van der Waals surface area contributed by atoms with Gasteiger partial charge in [-0.15, -0.1) is 0 Å². The fraction of sp³-hybridized carbons (Fsp3) is 0.600. The Kier molecular flexibility index (Phi) is 0.826. The molecule has 0 bridgehead atoms. The predicted octanol–water partition coefficient (Wildman–Crippen LogP) is 2.26. The number of rotatable bonds is 0. The van der Waals surface area contributed by atoms with Crippen LogP contribution < -0.4 is 0 Å². The van der Waals surface area contributed by atoms with Crippen LogP contribution in [0.4, 0.5) is 0 Å². The predicted molar refractivity (Wildman–Crippen MR) is 42.9 cm³/mol. The molecule has 1 saturated carbocycles. The van der Waals surface area contributed by atoms with E-state index in [1.54, 1.807) is 5.57 Å². The lowest BCUT2D eigenvalue weighted by Crippen LogP contribution is -2.05. The van der Waals surface area contributed by atoms with Crippen molar-refractivity contribution in [3.8, 4) is 0 Å². The highest BCUT2D eigenvalue weighted by Gasteiger charge is 2.61. The summed E-state index contributed by atoms with van der Waals surface area (Å²) in [5, 5.41) is 0. The molecule has 2 fully saturated rings. The molecule has 3 aliphatic rings. The van der Waals surface area contributed by atoms with Gasteiger partial charge >= 0.3 is 0 Å². The van der Waals surface area contributed by atoms with E-state index >= 15 is 0 Å². The molecule has 2 aliphatic carbocycles. The second-order valence-electron chi connectivity index (χ2n) is 3.95. The minimum absolute atomic E-state index is 0.499. The van der Waals surface area contributed by atoms with E-state index in [9.17, 15) is 0 Å². The van der Waals surface area contributed by atoms with Gasteiger partial charge in [0.2, 0.25) is 0 Å². The Morgan fingerprint density at radius 2 is 2.45 bits per heavy atom. The summed E-state index contributed by atoms with van der Waals surface area (Å²) >= 11 is 0. The van der Waals surface area contributed by atoms with E-state index in [2.05, 4.69) is 19.1 Å². The van der Waals surface area contributed by atoms with Crippen LogP contribution in [0.2, 0.25) is 0 Å². The first-order valence-electron chi connectivity index (χ1n) is 4.35. The quantitative estimate of drug-likeness (QED) is 0.512. The second kappa shape index (κ2) is 1.55. The molecule has 0 amide bonds. The van der Waals surface area contributed by atoms with E-state index in [1.165, 1.54) is 18.6 Å². The first-order chi connectivity index (χ1) is 5.33. The minimum Gasteiger partial charge on any atom is -0.497 e. The summed E-state index contributed by atoms with van der Waals surface area (Å²) in [4.78, 5) is 0. The van der Waals surface area contributed by atoms with E-state index in [4.69, 9.17) is 4.74 Å². The van der Waals surface area contributed by atoms with Gasteiger partial charge in [-0.2, -0.15) is 0 Å². The van der Waals surface area contributed by atoms with Crippen molar-refractivity contribution < 1.29 is 4.74 Å². The van der Waals surface area contributed by atoms with Crippen LogP contribution in [0.3, 0.4) is 0 Å². The summed E-state index contributed by atoms with van der Waals surface area (Å²) in [5.74, 6) is 2.11. The number of hydrogen-bond donors (Lipinski definition) is 0. The molecule has 1 heteroatoms. The van der Waals surface area contributed by atoms with E-state index in [0.29, 0.717) is 5.41 Å². The zero-order valence-electron chi connectivity index (χ0n) is 6.76. The lowest BCUT2D eigenvalue weighted by molar-refractivity contribution is 0.256. The molecule has 0 aromatic carbocycles. The fourth-order valence-electron chi connectivity index (χ4n) is 2.60. The zero-order valence-corrected chi connectivity index (χ0v) is 6.76. The lowest BCUT2D eigenvalue weighted by atomic mass is 9.92. The van der Waals surface area contributed by atoms with Gasteiger partial charge in [0.15, 0.2) is 0 Å². The molecule has 58 valence electrons. The molecule has 2 atom stereocenters. The fourth-order valence-corrected chi connectivity index (χ4v) is 2.60. The average Bonchev–Trinajstić information content (AvgIpc) is 2.57. The zero-order chi connectivity index (χ0) is 7.47. The van der Waals surface area contributed by atoms with Crippen molar-refractivity contribution in [2.24, 2.45) is 11.3 Å². The molecule has 1 spiro atoms. The third-order valence-electron chi connectivity index (χ3n) is 3.42. The van der Waals surface area contributed by atoms with Crippen molar-refractivity contribution in [3.63, 3.8) is 0 Å². The number of allylic oxidation sites excluding steroid dienone is 4. The van der Waals surface area contributed by atoms with Crippen LogP contribution in [0.25, 0.3) is 0 Å². The monoisotopic (exact) mass is 148 g/mol. The molecule has 11 heavy (non-hydrogen) atoms. The van der Waals surface area contributed by atoms with Gasteiger partial charge in [-0.05, 0) is 31.8 Å². The Balaban J connectivity index is 2.10. The van der Waals surface area contributed by atoms with Gasteiger partial charge in [0.25, 0.3) is 0 Å². The molecule has 1 heterocycles. The SMILES string of the molecule is CC1=CC=C2OCCC23CC13. The summed E-state index contributed by atoms with van der Waals surface area (Å²) in [7, 11) is 0. The minimum atomic E-state index is 0.499. The van der Waals surface area contributed by atoms with Crippen molar-refractivity contribution in [1.82, 2.24) is 0 Å². The Hall–Kier alpha value is -0.720. The van der Waals surface area contributed by atoms with Crippen LogP contribution in [-0.4, -0.2) is 6.61 Å². The Labute approximate surface area is 66.7 Å². The van der Waals surface area contributed by atoms with Gasteiger partial charge in [0, 0.05) is 5.41 Å². The van der Waals surface area contributed by atoms with Gasteiger partial charge in [0.1, 0.15) is 5.76 Å². The highest BCUT2D eigenvalue weighted by molar-refractivity contribution is 5.39. The summed E-state index contributed by atoms with van der Waals surface area (Å²) in [6.45, 7) is 3.19. The van der Waals surface area contributed by atoms with E-state index in [1.807, 2.05) is 0 Å². The van der Waals surface area contributed by atoms with E-state index in [0.717, 1.165) is 12.5 Å². The van der Waals surface area contributed by atoms with Crippen LogP contribution in [0.15, 0.2) is 23.5 Å². The van der Waals surface area contributed by atoms with Crippen LogP contribution in [-0.2, 0) is 4.74 Å². The first-order valence-corrected chi connectivity index (χ1v) is 4.35. The third-order valence-corrected chi connectivity index (χ3v) is 3.42. The third kappa shape index (κ3) is 0.536. The lowest BCUT2D eigenvalue weighted by Gasteiger charge is -2.13. The van der Waals surface area contributed by atoms with E-state index in [-0.39, 0.29) is 0 Å². The highest BCUT2D eigenvalue weighted by Crippen LogP contribution is 2.67. The van der Waals surface area contributed by atoms with Crippen LogP contribution >= 0.6 is 0 Å². The largest absolute Gasteiger partial charge is 0.497 e. The number of hydrogen-bond acceptors (Lipinski definition) is 1. The molecular formula is C10H12O. The van der Waals surface area contributed by atoms with Crippen molar-refractivity contribution in [3.05, 3.63) is 23.5 Å². The molecule has 2 unspecified atom stereocenters. The molecule has 3 rings (SSSR count). The highest BCUT2D eigenvalue weighted by atomic mass is 16.5. The molecule has 1 saturated heterocycles. The summed E-state index contributed by atoms with van der Waals surface area (Å²) in [6, 6.07) is 0. The molecule has 0 aromatic heterocycles. The first kappa shape index (κ1) is 5.87. The number of ether oxygens (including phenoxy) is 1. The van der Waals surface area contributed by atoms with Crippen LogP contribution in [0.1, 0.15) is 19.8 Å². The molecule has 1 nitrogen and oxygen atoms in total. The molecule has 0 N–H and O–H groups in total. The van der Waals surface area contributed by atoms with Crippen molar-refractivity contribution in [2.45, 2.75) is 19.8 Å². The van der Waals surface area contributed by atoms with Crippen molar-refractivity contribution in [2.75, 3.05) is 6.61 Å². The van der Waals surface area contributed by atoms with Crippen LogP contribution in [0, 0.1) is 11.3 Å².